The maximum atomic E-state index is 13.1. The standard InChI is InChI=1S/C26H34N4O4S2/c1-4-13-30(14-5-2)36(32,33)22-10-7-20(8-11-22)25(31)28-15-17-29(18-16-28)26-27-23-12-9-21(34-6-3)19-24(23)35-26/h7-12,19H,4-6,13-18H2,1-3H3. The Kier molecular flexibility index (Phi) is 8.48. The van der Waals surface area contributed by atoms with Crippen LogP contribution in [0, 0.1) is 0 Å². The van der Waals surface area contributed by atoms with E-state index < -0.39 is 10.0 Å². The van der Waals surface area contributed by atoms with Crippen molar-refractivity contribution in [1.29, 1.82) is 0 Å². The number of hydrogen-bond acceptors (Lipinski definition) is 7. The van der Waals surface area contributed by atoms with Gasteiger partial charge in [0.25, 0.3) is 5.91 Å². The van der Waals surface area contributed by atoms with Crippen molar-refractivity contribution in [2.75, 3.05) is 50.8 Å². The molecule has 36 heavy (non-hydrogen) atoms. The van der Waals surface area contributed by atoms with Gasteiger partial charge >= 0.3 is 0 Å². The van der Waals surface area contributed by atoms with Gasteiger partial charge in [-0.3, -0.25) is 4.79 Å². The second-order valence-corrected chi connectivity index (χ2v) is 11.7. The quantitative estimate of drug-likeness (QED) is 0.385. The van der Waals surface area contributed by atoms with Gasteiger partial charge < -0.3 is 14.5 Å². The molecule has 1 amide bonds. The summed E-state index contributed by atoms with van der Waals surface area (Å²) in [7, 11) is -3.56. The number of aromatic nitrogens is 1. The summed E-state index contributed by atoms with van der Waals surface area (Å²) in [4.78, 5) is 22.1. The molecule has 0 unspecified atom stereocenters. The Labute approximate surface area is 217 Å². The number of ether oxygens (including phenoxy) is 1. The number of fused-ring (bicyclic) bond motifs is 1. The van der Waals surface area contributed by atoms with Crippen LogP contribution in [0.4, 0.5) is 5.13 Å². The van der Waals surface area contributed by atoms with E-state index in [1.807, 2.05) is 43.9 Å². The Morgan fingerprint density at radius 2 is 1.67 bits per heavy atom. The predicted octanol–water partition coefficient (Wildman–Crippen LogP) is 4.47. The third kappa shape index (κ3) is 5.66. The van der Waals surface area contributed by atoms with Crippen LogP contribution >= 0.6 is 11.3 Å². The fourth-order valence-electron chi connectivity index (χ4n) is 4.34. The van der Waals surface area contributed by atoms with E-state index in [1.165, 1.54) is 4.31 Å². The van der Waals surface area contributed by atoms with Gasteiger partial charge in [0, 0.05) is 44.8 Å². The lowest BCUT2D eigenvalue weighted by Gasteiger charge is -2.34. The molecular formula is C26H34N4O4S2. The number of thiazole rings is 1. The molecule has 2 heterocycles. The first-order valence-corrected chi connectivity index (χ1v) is 14.8. The van der Waals surface area contributed by atoms with E-state index in [0.717, 1.165) is 33.9 Å². The predicted molar refractivity (Wildman–Crippen MR) is 145 cm³/mol. The van der Waals surface area contributed by atoms with Gasteiger partial charge in [-0.2, -0.15) is 4.31 Å². The Balaban J connectivity index is 1.39. The van der Waals surface area contributed by atoms with Gasteiger partial charge in [-0.25, -0.2) is 13.4 Å². The number of piperazine rings is 1. The lowest BCUT2D eigenvalue weighted by atomic mass is 10.2. The molecule has 0 N–H and O–H groups in total. The van der Waals surface area contributed by atoms with Crippen LogP contribution in [0.25, 0.3) is 10.2 Å². The van der Waals surface area contributed by atoms with Crippen LogP contribution in [0.2, 0.25) is 0 Å². The molecule has 0 aliphatic carbocycles. The van der Waals surface area contributed by atoms with Crippen molar-refractivity contribution in [1.82, 2.24) is 14.2 Å². The first kappa shape index (κ1) is 26.4. The Morgan fingerprint density at radius 1 is 1.00 bits per heavy atom. The third-order valence-corrected chi connectivity index (χ3v) is 9.17. The van der Waals surface area contributed by atoms with Crippen molar-refractivity contribution in [3.8, 4) is 5.75 Å². The minimum absolute atomic E-state index is 0.0803. The van der Waals surface area contributed by atoms with Crippen molar-refractivity contribution < 1.29 is 17.9 Å². The second kappa shape index (κ2) is 11.6. The zero-order valence-corrected chi connectivity index (χ0v) is 22.8. The van der Waals surface area contributed by atoms with Gasteiger partial charge in [0.1, 0.15) is 5.75 Å². The number of benzene rings is 2. The zero-order chi connectivity index (χ0) is 25.7. The van der Waals surface area contributed by atoms with E-state index in [4.69, 9.17) is 9.72 Å². The molecule has 2 aromatic carbocycles. The van der Waals surface area contributed by atoms with Gasteiger partial charge in [0.05, 0.1) is 21.7 Å². The molecule has 1 aliphatic rings. The number of anilines is 1. The summed E-state index contributed by atoms with van der Waals surface area (Å²) in [6.07, 6.45) is 1.51. The van der Waals surface area contributed by atoms with Gasteiger partial charge in [-0.05, 0) is 62.2 Å². The largest absolute Gasteiger partial charge is 0.494 e. The minimum atomic E-state index is -3.56. The molecule has 0 atom stereocenters. The number of carbonyl (C=O) groups is 1. The van der Waals surface area contributed by atoms with Crippen LogP contribution in [-0.2, 0) is 10.0 Å². The fraction of sp³-hybridized carbons (Fsp3) is 0.462. The summed E-state index contributed by atoms with van der Waals surface area (Å²) < 4.78 is 34.2. The highest BCUT2D eigenvalue weighted by Crippen LogP contribution is 2.32. The monoisotopic (exact) mass is 530 g/mol. The number of sulfonamides is 1. The van der Waals surface area contributed by atoms with Crippen molar-refractivity contribution in [2.24, 2.45) is 0 Å². The Morgan fingerprint density at radius 3 is 2.28 bits per heavy atom. The number of nitrogens with zero attached hydrogens (tertiary/aromatic N) is 4. The van der Waals surface area contributed by atoms with E-state index in [0.29, 0.717) is 51.4 Å². The molecule has 0 radical (unpaired) electrons. The second-order valence-electron chi connectivity index (χ2n) is 8.77. The topological polar surface area (TPSA) is 83.1 Å². The molecule has 4 rings (SSSR count). The molecule has 1 aromatic heterocycles. The molecular weight excluding hydrogens is 496 g/mol. The fourth-order valence-corrected chi connectivity index (χ4v) is 7.01. The van der Waals surface area contributed by atoms with Crippen molar-refractivity contribution >= 4 is 42.6 Å². The summed E-state index contributed by atoms with van der Waals surface area (Å²) >= 11 is 1.63. The lowest BCUT2D eigenvalue weighted by Crippen LogP contribution is -2.48. The summed E-state index contributed by atoms with van der Waals surface area (Å²) in [6.45, 7) is 10.1. The minimum Gasteiger partial charge on any atom is -0.494 e. The Hall–Kier alpha value is -2.69. The van der Waals surface area contributed by atoms with Crippen LogP contribution in [0.15, 0.2) is 47.4 Å². The number of hydrogen-bond donors (Lipinski definition) is 0. The van der Waals surface area contributed by atoms with Crippen molar-refractivity contribution in [2.45, 2.75) is 38.5 Å². The molecule has 8 nitrogen and oxygen atoms in total. The van der Waals surface area contributed by atoms with Gasteiger partial charge in [0.15, 0.2) is 5.13 Å². The third-order valence-electron chi connectivity index (χ3n) is 6.18. The lowest BCUT2D eigenvalue weighted by molar-refractivity contribution is 0.0746. The number of rotatable bonds is 10. The van der Waals surface area contributed by atoms with E-state index >= 15 is 0 Å². The average molecular weight is 531 g/mol. The smallest absolute Gasteiger partial charge is 0.253 e. The zero-order valence-electron chi connectivity index (χ0n) is 21.1. The molecule has 10 heteroatoms. The maximum absolute atomic E-state index is 13.1. The molecule has 194 valence electrons. The van der Waals surface area contributed by atoms with Crippen LogP contribution in [-0.4, -0.2) is 74.4 Å². The van der Waals surface area contributed by atoms with E-state index in [1.54, 1.807) is 35.6 Å². The van der Waals surface area contributed by atoms with Crippen molar-refractivity contribution in [3.05, 3.63) is 48.0 Å². The number of carbonyl (C=O) groups excluding carboxylic acids is 1. The van der Waals surface area contributed by atoms with Crippen LogP contribution in [0.1, 0.15) is 44.0 Å². The average Bonchev–Trinajstić information content (AvgIpc) is 3.32. The van der Waals surface area contributed by atoms with Crippen molar-refractivity contribution in [3.63, 3.8) is 0 Å². The molecule has 1 aliphatic heterocycles. The molecule has 1 fully saturated rings. The van der Waals surface area contributed by atoms with E-state index in [2.05, 4.69) is 4.90 Å². The first-order chi connectivity index (χ1) is 17.4. The summed E-state index contributed by atoms with van der Waals surface area (Å²) in [5.41, 5.74) is 1.45. The maximum Gasteiger partial charge on any atom is 0.253 e. The molecule has 0 spiro atoms. The normalized spacial score (nSPS) is 14.6. The van der Waals surface area contributed by atoms with E-state index in [-0.39, 0.29) is 10.8 Å². The van der Waals surface area contributed by atoms with Crippen LogP contribution < -0.4 is 9.64 Å². The summed E-state index contributed by atoms with van der Waals surface area (Å²) in [6, 6.07) is 12.3. The summed E-state index contributed by atoms with van der Waals surface area (Å²) in [5, 5.41) is 0.948. The first-order valence-electron chi connectivity index (χ1n) is 12.5. The molecule has 0 saturated carbocycles. The van der Waals surface area contributed by atoms with Crippen LogP contribution in [0.5, 0.6) is 5.75 Å². The van der Waals surface area contributed by atoms with Crippen LogP contribution in [0.3, 0.4) is 0 Å². The van der Waals surface area contributed by atoms with E-state index in [9.17, 15) is 13.2 Å². The van der Waals surface area contributed by atoms with Gasteiger partial charge in [-0.15, -0.1) is 0 Å². The SMILES string of the molecule is CCCN(CCC)S(=O)(=O)c1ccc(C(=O)N2CCN(c3nc4ccc(OCC)cc4s3)CC2)cc1. The molecule has 3 aromatic rings. The number of amides is 1. The highest BCUT2D eigenvalue weighted by molar-refractivity contribution is 7.89. The highest BCUT2D eigenvalue weighted by Gasteiger charge is 2.26. The Bertz CT molecular complexity index is 1280. The summed E-state index contributed by atoms with van der Waals surface area (Å²) in [5.74, 6) is 0.765. The molecule has 1 saturated heterocycles. The van der Waals surface area contributed by atoms with Gasteiger partial charge in [0.2, 0.25) is 10.0 Å². The van der Waals surface area contributed by atoms with Gasteiger partial charge in [-0.1, -0.05) is 25.2 Å². The highest BCUT2D eigenvalue weighted by atomic mass is 32.2. The molecule has 0 bridgehead atoms.